The van der Waals surface area contributed by atoms with Crippen LogP contribution in [0, 0.1) is 13.8 Å². The van der Waals surface area contributed by atoms with Crippen molar-refractivity contribution in [2.75, 3.05) is 17.2 Å². The lowest BCUT2D eigenvalue weighted by atomic mass is 10.1. The predicted octanol–water partition coefficient (Wildman–Crippen LogP) is 4.15. The minimum absolute atomic E-state index is 0.154. The normalized spacial score (nSPS) is 10.3. The van der Waals surface area contributed by atoms with Gasteiger partial charge in [-0.1, -0.05) is 15.9 Å². The maximum Gasteiger partial charge on any atom is 0.257 e. The topological polar surface area (TPSA) is 54.0 Å². The molecule has 2 rings (SSSR count). The molecule has 1 aromatic heterocycles. The molecule has 0 saturated heterocycles. The number of carbonyl (C=O) groups is 1. The summed E-state index contributed by atoms with van der Waals surface area (Å²) in [7, 11) is 0. The van der Waals surface area contributed by atoms with E-state index in [0.29, 0.717) is 5.56 Å². The van der Waals surface area contributed by atoms with Crippen LogP contribution in [-0.4, -0.2) is 17.4 Å². The quantitative estimate of drug-likeness (QED) is 0.873. The molecule has 0 atom stereocenters. The lowest BCUT2D eigenvalue weighted by molar-refractivity contribution is 0.102. The summed E-state index contributed by atoms with van der Waals surface area (Å²) in [6, 6.07) is 7.54. The second-order valence-corrected chi connectivity index (χ2v) is 5.75. The van der Waals surface area contributed by atoms with Gasteiger partial charge in [-0.25, -0.2) is 4.98 Å². The van der Waals surface area contributed by atoms with Crippen molar-refractivity contribution in [2.24, 2.45) is 0 Å². The molecule has 0 unspecified atom stereocenters. The van der Waals surface area contributed by atoms with E-state index >= 15 is 0 Å². The van der Waals surface area contributed by atoms with E-state index in [4.69, 9.17) is 0 Å². The molecular formula is C16H18BrN3O. The van der Waals surface area contributed by atoms with E-state index in [1.165, 1.54) is 0 Å². The summed E-state index contributed by atoms with van der Waals surface area (Å²) in [6.45, 7) is 6.75. The van der Waals surface area contributed by atoms with Crippen molar-refractivity contribution in [3.8, 4) is 0 Å². The molecule has 0 aliphatic rings. The van der Waals surface area contributed by atoms with Crippen LogP contribution in [-0.2, 0) is 0 Å². The highest BCUT2D eigenvalue weighted by atomic mass is 79.9. The Bertz CT molecular complexity index is 630. The highest BCUT2D eigenvalue weighted by Crippen LogP contribution is 2.25. The fourth-order valence-electron chi connectivity index (χ4n) is 2.11. The summed E-state index contributed by atoms with van der Waals surface area (Å²) in [5.41, 5.74) is 3.43. The van der Waals surface area contributed by atoms with Crippen molar-refractivity contribution in [1.82, 2.24) is 4.98 Å². The summed E-state index contributed by atoms with van der Waals surface area (Å²) < 4.78 is 1.01. The van der Waals surface area contributed by atoms with Gasteiger partial charge < -0.3 is 10.6 Å². The first-order valence-electron chi connectivity index (χ1n) is 6.79. The molecule has 0 fully saturated rings. The lowest BCUT2D eigenvalue weighted by Gasteiger charge is -2.12. The molecule has 0 radical (unpaired) electrons. The van der Waals surface area contributed by atoms with Crippen molar-refractivity contribution in [3.05, 3.63) is 51.6 Å². The molecule has 1 aromatic carbocycles. The average Bonchev–Trinajstić information content (AvgIpc) is 2.43. The molecule has 21 heavy (non-hydrogen) atoms. The van der Waals surface area contributed by atoms with Crippen LogP contribution in [0.3, 0.4) is 0 Å². The number of halogens is 1. The Kier molecular flexibility index (Phi) is 4.96. The minimum Gasteiger partial charge on any atom is -0.370 e. The van der Waals surface area contributed by atoms with Crippen LogP contribution in [0.4, 0.5) is 11.5 Å². The lowest BCUT2D eigenvalue weighted by Crippen LogP contribution is -2.14. The van der Waals surface area contributed by atoms with Gasteiger partial charge in [-0.05, 0) is 56.2 Å². The van der Waals surface area contributed by atoms with Crippen molar-refractivity contribution in [1.29, 1.82) is 0 Å². The number of rotatable bonds is 4. The fourth-order valence-corrected chi connectivity index (χ4v) is 2.79. The molecular weight excluding hydrogens is 330 g/mol. The largest absolute Gasteiger partial charge is 0.370 e. The molecule has 0 spiro atoms. The molecule has 110 valence electrons. The number of carbonyl (C=O) groups excluding carboxylic acids is 1. The standard InChI is InChI=1S/C16H18BrN3O/c1-4-18-14-6-5-12(9-19-14)16(21)20-15-10(2)7-13(17)8-11(15)3/h5-9H,4H2,1-3H3,(H,18,19)(H,20,21). The second-order valence-electron chi connectivity index (χ2n) is 4.83. The first kappa shape index (κ1) is 15.5. The second kappa shape index (κ2) is 6.72. The van der Waals surface area contributed by atoms with Crippen LogP contribution in [0.25, 0.3) is 0 Å². The zero-order chi connectivity index (χ0) is 15.4. The fraction of sp³-hybridized carbons (Fsp3) is 0.250. The van der Waals surface area contributed by atoms with Gasteiger partial charge in [-0.3, -0.25) is 4.79 Å². The predicted molar refractivity (Wildman–Crippen MR) is 90.0 cm³/mol. The van der Waals surface area contributed by atoms with Gasteiger partial charge in [0.05, 0.1) is 5.56 Å². The van der Waals surface area contributed by atoms with Gasteiger partial charge in [0.25, 0.3) is 5.91 Å². The SMILES string of the molecule is CCNc1ccc(C(=O)Nc2c(C)cc(Br)cc2C)cn1. The van der Waals surface area contributed by atoms with Crippen molar-refractivity contribution >= 4 is 33.3 Å². The van der Waals surface area contributed by atoms with E-state index in [-0.39, 0.29) is 5.91 Å². The van der Waals surface area contributed by atoms with E-state index < -0.39 is 0 Å². The highest BCUT2D eigenvalue weighted by molar-refractivity contribution is 9.10. The molecule has 0 saturated carbocycles. The first-order valence-corrected chi connectivity index (χ1v) is 7.58. The number of hydrogen-bond acceptors (Lipinski definition) is 3. The van der Waals surface area contributed by atoms with Crippen LogP contribution in [0.1, 0.15) is 28.4 Å². The van der Waals surface area contributed by atoms with E-state index in [2.05, 4.69) is 31.5 Å². The Balaban J connectivity index is 2.18. The maximum atomic E-state index is 12.3. The van der Waals surface area contributed by atoms with Crippen LogP contribution in [0.5, 0.6) is 0 Å². The van der Waals surface area contributed by atoms with E-state index in [1.807, 2.05) is 32.9 Å². The summed E-state index contributed by atoms with van der Waals surface area (Å²) in [5, 5.41) is 6.05. The first-order chi connectivity index (χ1) is 10.0. The van der Waals surface area contributed by atoms with Gasteiger partial charge >= 0.3 is 0 Å². The van der Waals surface area contributed by atoms with Gasteiger partial charge in [0, 0.05) is 22.9 Å². The van der Waals surface area contributed by atoms with Crippen LogP contribution < -0.4 is 10.6 Å². The molecule has 0 aliphatic carbocycles. The van der Waals surface area contributed by atoms with Crippen molar-refractivity contribution in [2.45, 2.75) is 20.8 Å². The number of amides is 1. The molecule has 2 aromatic rings. The van der Waals surface area contributed by atoms with E-state index in [9.17, 15) is 4.79 Å². The average molecular weight is 348 g/mol. The van der Waals surface area contributed by atoms with Gasteiger partial charge in [0.1, 0.15) is 5.82 Å². The number of nitrogens with zero attached hydrogens (tertiary/aromatic N) is 1. The smallest absolute Gasteiger partial charge is 0.257 e. The van der Waals surface area contributed by atoms with Gasteiger partial charge in [0.2, 0.25) is 0 Å². The van der Waals surface area contributed by atoms with Gasteiger partial charge in [0.15, 0.2) is 0 Å². The van der Waals surface area contributed by atoms with Gasteiger partial charge in [-0.2, -0.15) is 0 Å². The molecule has 4 nitrogen and oxygen atoms in total. The Morgan fingerprint density at radius 3 is 2.43 bits per heavy atom. The molecule has 1 heterocycles. The van der Waals surface area contributed by atoms with Gasteiger partial charge in [-0.15, -0.1) is 0 Å². The van der Waals surface area contributed by atoms with E-state index in [1.54, 1.807) is 18.3 Å². The third-order valence-corrected chi connectivity index (χ3v) is 3.58. The van der Waals surface area contributed by atoms with Crippen molar-refractivity contribution in [3.63, 3.8) is 0 Å². The summed E-state index contributed by atoms with van der Waals surface area (Å²) in [4.78, 5) is 16.5. The number of pyridine rings is 1. The zero-order valence-corrected chi connectivity index (χ0v) is 13.9. The Morgan fingerprint density at radius 2 is 1.90 bits per heavy atom. The number of benzene rings is 1. The van der Waals surface area contributed by atoms with Crippen LogP contribution in [0.2, 0.25) is 0 Å². The number of nitrogens with one attached hydrogen (secondary N) is 2. The number of aromatic nitrogens is 1. The molecule has 0 aliphatic heterocycles. The minimum atomic E-state index is -0.154. The Hall–Kier alpha value is -1.88. The molecule has 2 N–H and O–H groups in total. The highest BCUT2D eigenvalue weighted by Gasteiger charge is 2.11. The third kappa shape index (κ3) is 3.82. The summed E-state index contributed by atoms with van der Waals surface area (Å²) in [5.74, 6) is 0.615. The van der Waals surface area contributed by atoms with Crippen LogP contribution >= 0.6 is 15.9 Å². The number of hydrogen-bond donors (Lipinski definition) is 2. The molecule has 0 bridgehead atoms. The monoisotopic (exact) mass is 347 g/mol. The maximum absolute atomic E-state index is 12.3. The molecule has 5 heteroatoms. The molecule has 1 amide bonds. The number of anilines is 2. The third-order valence-electron chi connectivity index (χ3n) is 3.12. The summed E-state index contributed by atoms with van der Waals surface area (Å²) >= 11 is 3.45. The summed E-state index contributed by atoms with van der Waals surface area (Å²) in [6.07, 6.45) is 1.58. The Labute approximate surface area is 133 Å². The number of aryl methyl sites for hydroxylation is 2. The van der Waals surface area contributed by atoms with Crippen LogP contribution in [0.15, 0.2) is 34.9 Å². The zero-order valence-electron chi connectivity index (χ0n) is 12.3. The van der Waals surface area contributed by atoms with E-state index in [0.717, 1.165) is 33.6 Å². The Morgan fingerprint density at radius 1 is 1.24 bits per heavy atom. The van der Waals surface area contributed by atoms with Crippen molar-refractivity contribution < 1.29 is 4.79 Å².